The van der Waals surface area contributed by atoms with Gasteiger partial charge in [-0.15, -0.1) is 11.3 Å². The van der Waals surface area contributed by atoms with Gasteiger partial charge in [0.15, 0.2) is 0 Å². The van der Waals surface area contributed by atoms with Crippen LogP contribution in [-0.2, 0) is 4.74 Å². The van der Waals surface area contributed by atoms with Crippen LogP contribution in [0.1, 0.15) is 46.0 Å². The van der Waals surface area contributed by atoms with Crippen molar-refractivity contribution in [2.75, 3.05) is 7.11 Å². The van der Waals surface area contributed by atoms with Gasteiger partial charge in [-0.25, -0.2) is 4.79 Å². The van der Waals surface area contributed by atoms with Crippen molar-refractivity contribution < 1.29 is 9.53 Å². The van der Waals surface area contributed by atoms with E-state index in [-0.39, 0.29) is 5.97 Å². The van der Waals surface area contributed by atoms with Gasteiger partial charge < -0.3 is 4.74 Å². The van der Waals surface area contributed by atoms with Gasteiger partial charge in [0.25, 0.3) is 0 Å². The maximum atomic E-state index is 11.9. The molecule has 2 aromatic rings. The van der Waals surface area contributed by atoms with Crippen molar-refractivity contribution >= 4 is 17.3 Å². The quantitative estimate of drug-likeness (QED) is 0.759. The Hall–Kier alpha value is -1.61. The summed E-state index contributed by atoms with van der Waals surface area (Å²) >= 11 is 1.46. The monoisotopic (exact) mass is 286 g/mol. The second-order valence-electron chi connectivity index (χ2n) is 5.37. The molecule has 0 bridgehead atoms. The van der Waals surface area contributed by atoms with Crippen LogP contribution < -0.4 is 0 Å². The molecule has 0 unspecified atom stereocenters. The molecule has 3 rings (SSSR count). The summed E-state index contributed by atoms with van der Waals surface area (Å²) in [6.07, 6.45) is 3.91. The van der Waals surface area contributed by atoms with Gasteiger partial charge in [-0.2, -0.15) is 0 Å². The van der Waals surface area contributed by atoms with Gasteiger partial charge in [0.2, 0.25) is 0 Å². The highest BCUT2D eigenvalue weighted by Crippen LogP contribution is 2.39. The SMILES string of the molecule is COC(=O)c1scc(C)c1-c1cccc(C2CCC2)c1. The molecule has 0 saturated heterocycles. The number of rotatable bonds is 3. The number of hydrogen-bond donors (Lipinski definition) is 0. The van der Waals surface area contributed by atoms with Crippen LogP contribution >= 0.6 is 11.3 Å². The zero-order valence-corrected chi connectivity index (χ0v) is 12.6. The summed E-state index contributed by atoms with van der Waals surface area (Å²) in [4.78, 5) is 12.6. The largest absolute Gasteiger partial charge is 0.465 e. The number of hydrogen-bond acceptors (Lipinski definition) is 3. The van der Waals surface area contributed by atoms with E-state index in [0.717, 1.165) is 16.7 Å². The maximum absolute atomic E-state index is 11.9. The summed E-state index contributed by atoms with van der Waals surface area (Å²) in [6, 6.07) is 8.63. The van der Waals surface area contributed by atoms with Crippen molar-refractivity contribution in [3.8, 4) is 11.1 Å². The molecular weight excluding hydrogens is 268 g/mol. The molecule has 1 saturated carbocycles. The van der Waals surface area contributed by atoms with Crippen LogP contribution in [0.5, 0.6) is 0 Å². The maximum Gasteiger partial charge on any atom is 0.348 e. The highest BCUT2D eigenvalue weighted by Gasteiger charge is 2.22. The van der Waals surface area contributed by atoms with Gasteiger partial charge in [0.05, 0.1) is 7.11 Å². The van der Waals surface area contributed by atoms with Crippen molar-refractivity contribution in [2.24, 2.45) is 0 Å². The van der Waals surface area contributed by atoms with E-state index in [1.807, 2.05) is 12.3 Å². The van der Waals surface area contributed by atoms with E-state index in [1.54, 1.807) is 0 Å². The Labute approximate surface area is 123 Å². The number of ether oxygens (including phenoxy) is 1. The van der Waals surface area contributed by atoms with Gasteiger partial charge in [-0.05, 0) is 47.8 Å². The average Bonchev–Trinajstić information content (AvgIpc) is 2.78. The fourth-order valence-corrected chi connectivity index (χ4v) is 3.72. The first kappa shape index (κ1) is 13.4. The molecule has 0 aliphatic heterocycles. The summed E-state index contributed by atoms with van der Waals surface area (Å²) in [5, 5.41) is 2.03. The van der Waals surface area contributed by atoms with Crippen LogP contribution in [0.3, 0.4) is 0 Å². The average molecular weight is 286 g/mol. The molecule has 0 amide bonds. The number of carbonyl (C=O) groups is 1. The van der Waals surface area contributed by atoms with Crippen LogP contribution in [-0.4, -0.2) is 13.1 Å². The van der Waals surface area contributed by atoms with Gasteiger partial charge >= 0.3 is 5.97 Å². The third-order valence-electron chi connectivity index (χ3n) is 4.10. The summed E-state index contributed by atoms with van der Waals surface area (Å²) in [5.41, 5.74) is 4.70. The minimum atomic E-state index is -0.243. The van der Waals surface area contributed by atoms with E-state index < -0.39 is 0 Å². The topological polar surface area (TPSA) is 26.3 Å². The van der Waals surface area contributed by atoms with Gasteiger partial charge in [-0.1, -0.05) is 30.7 Å². The first-order valence-corrected chi connectivity index (χ1v) is 7.85. The minimum absolute atomic E-state index is 0.243. The van der Waals surface area contributed by atoms with Crippen LogP contribution in [0, 0.1) is 6.92 Å². The normalized spacial score (nSPS) is 14.9. The molecule has 1 aliphatic carbocycles. The summed E-state index contributed by atoms with van der Waals surface area (Å²) in [6.45, 7) is 2.05. The van der Waals surface area contributed by atoms with Crippen LogP contribution in [0.15, 0.2) is 29.6 Å². The Kier molecular flexibility index (Phi) is 3.62. The predicted molar refractivity (Wildman–Crippen MR) is 82.4 cm³/mol. The van der Waals surface area contributed by atoms with E-state index in [4.69, 9.17) is 4.74 Å². The molecule has 1 heterocycles. The van der Waals surface area contributed by atoms with E-state index >= 15 is 0 Å². The Morgan fingerprint density at radius 1 is 1.35 bits per heavy atom. The molecular formula is C17H18O2S. The molecule has 104 valence electrons. The number of thiophene rings is 1. The lowest BCUT2D eigenvalue weighted by Crippen LogP contribution is -2.08. The molecule has 2 nitrogen and oxygen atoms in total. The molecule has 1 fully saturated rings. The summed E-state index contributed by atoms with van der Waals surface area (Å²) in [7, 11) is 1.44. The second-order valence-corrected chi connectivity index (χ2v) is 6.25. The lowest BCUT2D eigenvalue weighted by atomic mass is 9.79. The molecule has 0 atom stereocenters. The molecule has 1 aliphatic rings. The Balaban J connectivity index is 2.04. The van der Waals surface area contributed by atoms with Crippen molar-refractivity contribution in [1.82, 2.24) is 0 Å². The predicted octanol–water partition coefficient (Wildman–Crippen LogP) is 4.78. The molecule has 0 N–H and O–H groups in total. The smallest absolute Gasteiger partial charge is 0.348 e. The minimum Gasteiger partial charge on any atom is -0.465 e. The molecule has 1 aromatic heterocycles. The second kappa shape index (κ2) is 5.41. The zero-order chi connectivity index (χ0) is 14.1. The summed E-state index contributed by atoms with van der Waals surface area (Å²) in [5.74, 6) is 0.461. The van der Waals surface area contributed by atoms with Crippen molar-refractivity contribution in [2.45, 2.75) is 32.1 Å². The summed E-state index contributed by atoms with van der Waals surface area (Å²) < 4.78 is 4.89. The van der Waals surface area contributed by atoms with E-state index in [2.05, 4.69) is 24.3 Å². The number of esters is 1. The van der Waals surface area contributed by atoms with Gasteiger partial charge in [0.1, 0.15) is 4.88 Å². The van der Waals surface area contributed by atoms with E-state index in [0.29, 0.717) is 10.8 Å². The zero-order valence-electron chi connectivity index (χ0n) is 11.8. The molecule has 1 aromatic carbocycles. The Morgan fingerprint density at radius 2 is 2.15 bits per heavy atom. The Morgan fingerprint density at radius 3 is 2.80 bits per heavy atom. The van der Waals surface area contributed by atoms with Crippen molar-refractivity contribution in [1.29, 1.82) is 0 Å². The van der Waals surface area contributed by atoms with Crippen LogP contribution in [0.4, 0.5) is 0 Å². The highest BCUT2D eigenvalue weighted by molar-refractivity contribution is 7.12. The van der Waals surface area contributed by atoms with Crippen LogP contribution in [0.25, 0.3) is 11.1 Å². The highest BCUT2D eigenvalue weighted by atomic mass is 32.1. The lowest BCUT2D eigenvalue weighted by molar-refractivity contribution is 0.0607. The number of methoxy groups -OCH3 is 1. The van der Waals surface area contributed by atoms with Crippen molar-refractivity contribution in [3.63, 3.8) is 0 Å². The lowest BCUT2D eigenvalue weighted by Gasteiger charge is -2.26. The van der Waals surface area contributed by atoms with E-state index in [9.17, 15) is 4.79 Å². The first-order chi connectivity index (χ1) is 9.70. The van der Waals surface area contributed by atoms with Crippen LogP contribution in [0.2, 0.25) is 0 Å². The molecule has 0 spiro atoms. The number of aryl methyl sites for hydroxylation is 1. The number of benzene rings is 1. The fourth-order valence-electron chi connectivity index (χ4n) is 2.74. The van der Waals surface area contributed by atoms with E-state index in [1.165, 1.54) is 43.3 Å². The number of carbonyl (C=O) groups excluding carboxylic acids is 1. The van der Waals surface area contributed by atoms with Crippen molar-refractivity contribution in [3.05, 3.63) is 45.6 Å². The molecule has 20 heavy (non-hydrogen) atoms. The standard InChI is InChI=1S/C17H18O2S/c1-11-10-20-16(17(18)19-2)15(11)14-8-4-7-13(9-14)12-5-3-6-12/h4,7-10,12H,3,5-6H2,1-2H3. The third-order valence-corrected chi connectivity index (χ3v) is 5.18. The molecule has 0 radical (unpaired) electrons. The van der Waals surface area contributed by atoms with Gasteiger partial charge in [-0.3, -0.25) is 0 Å². The first-order valence-electron chi connectivity index (χ1n) is 6.97. The third kappa shape index (κ3) is 2.27. The fraction of sp³-hybridized carbons (Fsp3) is 0.353. The molecule has 3 heteroatoms. The van der Waals surface area contributed by atoms with Gasteiger partial charge in [0, 0.05) is 5.56 Å². The Bertz CT molecular complexity index is 638.